The van der Waals surface area contributed by atoms with Crippen molar-refractivity contribution in [2.75, 3.05) is 6.54 Å². The predicted molar refractivity (Wildman–Crippen MR) is 81.3 cm³/mol. The van der Waals surface area contributed by atoms with Crippen molar-refractivity contribution in [3.05, 3.63) is 58.3 Å². The van der Waals surface area contributed by atoms with Crippen LogP contribution in [-0.2, 0) is 6.42 Å². The molecule has 0 bridgehead atoms. The van der Waals surface area contributed by atoms with E-state index in [-0.39, 0.29) is 6.04 Å². The van der Waals surface area contributed by atoms with E-state index in [1.807, 2.05) is 17.4 Å². The van der Waals surface area contributed by atoms with Gasteiger partial charge in [0.15, 0.2) is 0 Å². The normalized spacial score (nSPS) is 24.5. The van der Waals surface area contributed by atoms with E-state index in [2.05, 4.69) is 47.1 Å². The number of nitrogens with two attached hydrogens (primary N) is 1. The van der Waals surface area contributed by atoms with Gasteiger partial charge in [-0.25, -0.2) is 0 Å². The van der Waals surface area contributed by atoms with E-state index in [1.165, 1.54) is 16.9 Å². The van der Waals surface area contributed by atoms with Crippen molar-refractivity contribution in [1.82, 2.24) is 5.32 Å². The lowest BCUT2D eigenvalue weighted by Crippen LogP contribution is -2.24. The lowest BCUT2D eigenvalue weighted by Gasteiger charge is -2.18. The molecule has 2 aromatic rings. The zero-order valence-corrected chi connectivity index (χ0v) is 11.8. The van der Waals surface area contributed by atoms with Gasteiger partial charge in [-0.15, -0.1) is 11.3 Å². The SMILES string of the molecule is NC(c1ccccc1)C1CNC(Cc2cccs2)C1. The molecule has 1 aliphatic heterocycles. The zero-order chi connectivity index (χ0) is 13.1. The van der Waals surface area contributed by atoms with Gasteiger partial charge in [0.25, 0.3) is 0 Å². The maximum absolute atomic E-state index is 6.40. The van der Waals surface area contributed by atoms with Gasteiger partial charge in [0, 0.05) is 23.5 Å². The molecule has 3 atom stereocenters. The third-order valence-electron chi connectivity index (χ3n) is 3.98. The second-order valence-corrected chi connectivity index (χ2v) is 6.35. The maximum Gasteiger partial charge on any atom is 0.0336 e. The summed E-state index contributed by atoms with van der Waals surface area (Å²) in [5, 5.41) is 5.77. The second-order valence-electron chi connectivity index (χ2n) is 5.32. The highest BCUT2D eigenvalue weighted by Gasteiger charge is 2.29. The molecule has 1 saturated heterocycles. The first kappa shape index (κ1) is 12.9. The predicted octanol–water partition coefficient (Wildman–Crippen LogP) is 2.97. The van der Waals surface area contributed by atoms with E-state index in [4.69, 9.17) is 5.73 Å². The van der Waals surface area contributed by atoms with Gasteiger partial charge in [-0.3, -0.25) is 0 Å². The maximum atomic E-state index is 6.40. The molecule has 0 spiro atoms. The summed E-state index contributed by atoms with van der Waals surface area (Å²) < 4.78 is 0. The number of hydrogen-bond acceptors (Lipinski definition) is 3. The molecule has 1 aromatic heterocycles. The fourth-order valence-electron chi connectivity index (χ4n) is 2.90. The van der Waals surface area contributed by atoms with Crippen LogP contribution in [0.15, 0.2) is 47.8 Å². The summed E-state index contributed by atoms with van der Waals surface area (Å²) in [4.78, 5) is 1.46. The first-order valence-electron chi connectivity index (χ1n) is 6.89. The summed E-state index contributed by atoms with van der Waals surface area (Å²) in [7, 11) is 0. The molecule has 19 heavy (non-hydrogen) atoms. The number of benzene rings is 1. The highest BCUT2D eigenvalue weighted by Crippen LogP contribution is 2.28. The molecule has 1 aliphatic rings. The number of hydrogen-bond donors (Lipinski definition) is 2. The van der Waals surface area contributed by atoms with Crippen LogP contribution in [0, 0.1) is 5.92 Å². The quantitative estimate of drug-likeness (QED) is 0.898. The Bertz CT molecular complexity index is 495. The molecule has 2 nitrogen and oxygen atoms in total. The van der Waals surface area contributed by atoms with E-state index >= 15 is 0 Å². The molecule has 100 valence electrons. The van der Waals surface area contributed by atoms with Crippen LogP contribution >= 0.6 is 11.3 Å². The molecular formula is C16H20N2S. The van der Waals surface area contributed by atoms with Gasteiger partial charge >= 0.3 is 0 Å². The lowest BCUT2D eigenvalue weighted by molar-refractivity contribution is 0.458. The van der Waals surface area contributed by atoms with Gasteiger partial charge in [0.2, 0.25) is 0 Å². The average molecular weight is 272 g/mol. The summed E-state index contributed by atoms with van der Waals surface area (Å²) in [5.41, 5.74) is 7.65. The van der Waals surface area contributed by atoms with Crippen molar-refractivity contribution in [1.29, 1.82) is 0 Å². The molecule has 3 unspecified atom stereocenters. The van der Waals surface area contributed by atoms with E-state index in [9.17, 15) is 0 Å². The van der Waals surface area contributed by atoms with E-state index < -0.39 is 0 Å². The first-order valence-corrected chi connectivity index (χ1v) is 7.77. The van der Waals surface area contributed by atoms with Crippen molar-refractivity contribution in [3.63, 3.8) is 0 Å². The standard InChI is InChI=1S/C16H20N2S/c17-16(12-5-2-1-3-6-12)13-9-14(18-11-13)10-15-7-4-8-19-15/h1-8,13-14,16,18H,9-11,17H2. The molecular weight excluding hydrogens is 252 g/mol. The molecule has 1 aromatic carbocycles. The van der Waals surface area contributed by atoms with Crippen LogP contribution in [0.2, 0.25) is 0 Å². The van der Waals surface area contributed by atoms with Crippen molar-refractivity contribution in [3.8, 4) is 0 Å². The van der Waals surface area contributed by atoms with Crippen LogP contribution in [0.4, 0.5) is 0 Å². The van der Waals surface area contributed by atoms with Crippen molar-refractivity contribution < 1.29 is 0 Å². The van der Waals surface area contributed by atoms with Crippen LogP contribution in [0.1, 0.15) is 22.9 Å². The minimum absolute atomic E-state index is 0.155. The molecule has 1 fully saturated rings. The summed E-state index contributed by atoms with van der Waals surface area (Å²) in [6.07, 6.45) is 2.31. The van der Waals surface area contributed by atoms with E-state index in [0.29, 0.717) is 12.0 Å². The summed E-state index contributed by atoms with van der Waals surface area (Å²) in [6, 6.07) is 15.5. The summed E-state index contributed by atoms with van der Waals surface area (Å²) >= 11 is 1.84. The Morgan fingerprint density at radius 1 is 1.21 bits per heavy atom. The van der Waals surface area contributed by atoms with Crippen molar-refractivity contribution in [2.24, 2.45) is 11.7 Å². The van der Waals surface area contributed by atoms with Crippen LogP contribution < -0.4 is 11.1 Å². The van der Waals surface area contributed by atoms with Crippen molar-refractivity contribution >= 4 is 11.3 Å². The Morgan fingerprint density at radius 2 is 2.05 bits per heavy atom. The Morgan fingerprint density at radius 3 is 2.79 bits per heavy atom. The van der Waals surface area contributed by atoms with Gasteiger partial charge in [-0.05, 0) is 35.8 Å². The topological polar surface area (TPSA) is 38.0 Å². The highest BCUT2D eigenvalue weighted by atomic mass is 32.1. The zero-order valence-electron chi connectivity index (χ0n) is 11.0. The number of thiophene rings is 1. The van der Waals surface area contributed by atoms with E-state index in [1.54, 1.807) is 0 Å². The van der Waals surface area contributed by atoms with Gasteiger partial charge in [0.05, 0.1) is 0 Å². The molecule has 3 heteroatoms. The number of nitrogens with one attached hydrogen (secondary N) is 1. The molecule has 0 radical (unpaired) electrons. The molecule has 0 aliphatic carbocycles. The van der Waals surface area contributed by atoms with Crippen LogP contribution in [0.5, 0.6) is 0 Å². The van der Waals surface area contributed by atoms with Gasteiger partial charge < -0.3 is 11.1 Å². The fraction of sp³-hybridized carbons (Fsp3) is 0.375. The second kappa shape index (κ2) is 5.87. The van der Waals surface area contributed by atoms with Crippen LogP contribution in [0.25, 0.3) is 0 Å². The van der Waals surface area contributed by atoms with Crippen LogP contribution in [0.3, 0.4) is 0 Å². The van der Waals surface area contributed by atoms with Gasteiger partial charge in [0.1, 0.15) is 0 Å². The molecule has 0 saturated carbocycles. The Balaban J connectivity index is 1.59. The number of rotatable bonds is 4. The minimum atomic E-state index is 0.155. The third-order valence-corrected chi connectivity index (χ3v) is 4.87. The van der Waals surface area contributed by atoms with E-state index in [0.717, 1.165) is 13.0 Å². The molecule has 0 amide bonds. The highest BCUT2D eigenvalue weighted by molar-refractivity contribution is 7.09. The van der Waals surface area contributed by atoms with Crippen molar-refractivity contribution in [2.45, 2.75) is 24.9 Å². The summed E-state index contributed by atoms with van der Waals surface area (Å²) in [5.74, 6) is 0.548. The molecule has 3 N–H and O–H groups in total. The Kier molecular flexibility index (Phi) is 3.97. The van der Waals surface area contributed by atoms with Gasteiger partial charge in [-0.1, -0.05) is 36.4 Å². The lowest BCUT2D eigenvalue weighted by atomic mass is 9.91. The van der Waals surface area contributed by atoms with Crippen LogP contribution in [-0.4, -0.2) is 12.6 Å². The smallest absolute Gasteiger partial charge is 0.0336 e. The monoisotopic (exact) mass is 272 g/mol. The summed E-state index contributed by atoms with van der Waals surface area (Å²) in [6.45, 7) is 1.03. The van der Waals surface area contributed by atoms with Gasteiger partial charge in [-0.2, -0.15) is 0 Å². The Labute approximate surface area is 118 Å². The molecule has 2 heterocycles. The Hall–Kier alpha value is -1.16. The average Bonchev–Trinajstić information content (AvgIpc) is 3.11. The first-order chi connectivity index (χ1) is 9.33. The fourth-order valence-corrected chi connectivity index (χ4v) is 3.68. The molecule has 3 rings (SSSR count). The third kappa shape index (κ3) is 3.06. The largest absolute Gasteiger partial charge is 0.324 e. The minimum Gasteiger partial charge on any atom is -0.324 e.